The van der Waals surface area contributed by atoms with Gasteiger partial charge in [-0.2, -0.15) is 4.98 Å². The van der Waals surface area contributed by atoms with Crippen LogP contribution in [0.15, 0.2) is 41.9 Å². The van der Waals surface area contributed by atoms with Crippen LogP contribution in [0.2, 0.25) is 0 Å². The first-order valence-corrected chi connectivity index (χ1v) is 9.55. The van der Waals surface area contributed by atoms with Crippen LogP contribution in [0, 0.1) is 13.8 Å². The van der Waals surface area contributed by atoms with Crippen molar-refractivity contribution >= 4 is 34.1 Å². The molecular weight excluding hydrogens is 392 g/mol. The third kappa shape index (κ3) is 4.11. The molecule has 0 unspecified atom stereocenters. The van der Waals surface area contributed by atoms with Gasteiger partial charge in [-0.05, 0) is 19.9 Å². The summed E-state index contributed by atoms with van der Waals surface area (Å²) >= 11 is 1.29. The first-order valence-electron chi connectivity index (χ1n) is 8.67. The van der Waals surface area contributed by atoms with Gasteiger partial charge >= 0.3 is 5.97 Å². The Hall–Kier alpha value is -3.66. The molecule has 10 heteroatoms. The highest BCUT2D eigenvalue weighted by molar-refractivity contribution is 7.14. The summed E-state index contributed by atoms with van der Waals surface area (Å²) in [6.45, 7) is 3.35. The van der Waals surface area contributed by atoms with Gasteiger partial charge in [0.2, 0.25) is 0 Å². The van der Waals surface area contributed by atoms with E-state index in [0.29, 0.717) is 5.13 Å². The summed E-state index contributed by atoms with van der Waals surface area (Å²) in [5.74, 6) is -1.17. The van der Waals surface area contributed by atoms with Crippen molar-refractivity contribution in [1.29, 1.82) is 0 Å². The number of anilines is 1. The Morgan fingerprint density at radius 3 is 2.69 bits per heavy atom. The lowest BCUT2D eigenvalue weighted by atomic mass is 10.1. The molecule has 29 heavy (non-hydrogen) atoms. The van der Waals surface area contributed by atoms with Gasteiger partial charge in [0.15, 0.2) is 11.7 Å². The van der Waals surface area contributed by atoms with E-state index in [1.807, 2.05) is 43.5 Å². The minimum absolute atomic E-state index is 0.157. The Morgan fingerprint density at radius 2 is 1.93 bits per heavy atom. The Labute approximate surface area is 169 Å². The molecule has 4 aromatic rings. The molecular formula is C19H16N6O3S. The second kappa shape index (κ2) is 7.76. The van der Waals surface area contributed by atoms with Crippen LogP contribution < -0.4 is 5.32 Å². The quantitative estimate of drug-likeness (QED) is 0.505. The smallest absolute Gasteiger partial charge is 0.378 e. The molecule has 3 aromatic heterocycles. The molecule has 0 bridgehead atoms. The number of fused-ring (bicyclic) bond motifs is 1. The predicted molar refractivity (Wildman–Crippen MR) is 107 cm³/mol. The van der Waals surface area contributed by atoms with E-state index in [9.17, 15) is 9.59 Å². The molecule has 0 aliphatic rings. The molecule has 3 heterocycles. The van der Waals surface area contributed by atoms with E-state index in [2.05, 4.69) is 25.4 Å². The fourth-order valence-corrected chi connectivity index (χ4v) is 3.27. The summed E-state index contributed by atoms with van der Waals surface area (Å²) in [5.41, 5.74) is 3.65. The lowest BCUT2D eigenvalue weighted by molar-refractivity contribution is -0.119. The number of nitrogens with one attached hydrogen (secondary N) is 1. The molecule has 0 atom stereocenters. The highest BCUT2D eigenvalue weighted by Gasteiger charge is 2.18. The minimum Gasteiger partial charge on any atom is -0.450 e. The molecule has 146 valence electrons. The largest absolute Gasteiger partial charge is 0.450 e. The van der Waals surface area contributed by atoms with Gasteiger partial charge in [-0.15, -0.1) is 16.4 Å². The van der Waals surface area contributed by atoms with E-state index in [1.54, 1.807) is 12.3 Å². The lowest BCUT2D eigenvalue weighted by Gasteiger charge is -2.02. The number of carbonyl (C=O) groups is 2. The van der Waals surface area contributed by atoms with E-state index < -0.39 is 18.5 Å². The van der Waals surface area contributed by atoms with E-state index in [1.165, 1.54) is 15.9 Å². The van der Waals surface area contributed by atoms with Crippen LogP contribution in [0.25, 0.3) is 17.0 Å². The SMILES string of the molecule is Cc1ccc(-c2csc(NC(=O)COC(=O)c3nc4nccc(C)n4n3)n2)cc1. The van der Waals surface area contributed by atoms with Crippen LogP contribution in [-0.2, 0) is 9.53 Å². The van der Waals surface area contributed by atoms with Crippen molar-refractivity contribution in [3.8, 4) is 11.3 Å². The van der Waals surface area contributed by atoms with Crippen molar-refractivity contribution in [2.45, 2.75) is 13.8 Å². The topological polar surface area (TPSA) is 111 Å². The fraction of sp³-hybridized carbons (Fsp3) is 0.158. The Balaban J connectivity index is 1.35. The Morgan fingerprint density at radius 1 is 1.14 bits per heavy atom. The number of esters is 1. The van der Waals surface area contributed by atoms with Gasteiger partial charge in [-0.1, -0.05) is 29.8 Å². The minimum atomic E-state index is -0.801. The summed E-state index contributed by atoms with van der Waals surface area (Å²) in [4.78, 5) is 36.6. The molecule has 1 amide bonds. The molecule has 9 nitrogen and oxygen atoms in total. The van der Waals surface area contributed by atoms with Crippen molar-refractivity contribution in [2.75, 3.05) is 11.9 Å². The highest BCUT2D eigenvalue weighted by Crippen LogP contribution is 2.25. The maximum absolute atomic E-state index is 12.1. The molecule has 0 aliphatic carbocycles. The molecule has 0 aliphatic heterocycles. The summed E-state index contributed by atoms with van der Waals surface area (Å²) in [7, 11) is 0. The second-order valence-corrected chi connectivity index (χ2v) is 7.12. The van der Waals surface area contributed by atoms with Crippen LogP contribution in [0.5, 0.6) is 0 Å². The Kier molecular flexibility index (Phi) is 5.00. The molecule has 0 radical (unpaired) electrons. The van der Waals surface area contributed by atoms with Crippen molar-refractivity contribution in [3.63, 3.8) is 0 Å². The van der Waals surface area contributed by atoms with Crippen molar-refractivity contribution in [3.05, 3.63) is 59.0 Å². The summed E-state index contributed by atoms with van der Waals surface area (Å²) in [5, 5.41) is 8.94. The molecule has 0 saturated heterocycles. The summed E-state index contributed by atoms with van der Waals surface area (Å²) in [6.07, 6.45) is 1.57. The monoisotopic (exact) mass is 408 g/mol. The zero-order valence-electron chi connectivity index (χ0n) is 15.6. The molecule has 1 aromatic carbocycles. The number of rotatable bonds is 5. The predicted octanol–water partition coefficient (Wildman–Crippen LogP) is 2.66. The van der Waals surface area contributed by atoms with Crippen LogP contribution in [0.4, 0.5) is 5.13 Å². The average molecular weight is 408 g/mol. The number of aromatic nitrogens is 5. The number of hydrogen-bond acceptors (Lipinski definition) is 8. The Bertz CT molecular complexity index is 1200. The van der Waals surface area contributed by atoms with E-state index in [4.69, 9.17) is 4.74 Å². The maximum Gasteiger partial charge on any atom is 0.378 e. The van der Waals surface area contributed by atoms with Crippen LogP contribution in [0.3, 0.4) is 0 Å². The van der Waals surface area contributed by atoms with Gasteiger partial charge in [-0.3, -0.25) is 10.1 Å². The summed E-state index contributed by atoms with van der Waals surface area (Å²) < 4.78 is 6.43. The molecule has 0 spiro atoms. The van der Waals surface area contributed by atoms with Crippen LogP contribution in [0.1, 0.15) is 21.9 Å². The second-order valence-electron chi connectivity index (χ2n) is 6.26. The summed E-state index contributed by atoms with van der Waals surface area (Å²) in [6, 6.07) is 9.67. The molecule has 4 rings (SSSR count). The van der Waals surface area contributed by atoms with Gasteiger partial charge in [-0.25, -0.2) is 19.3 Å². The highest BCUT2D eigenvalue weighted by atomic mass is 32.1. The lowest BCUT2D eigenvalue weighted by Crippen LogP contribution is -2.21. The number of nitrogens with zero attached hydrogens (tertiary/aromatic N) is 5. The number of hydrogen-bond donors (Lipinski definition) is 1. The number of benzene rings is 1. The van der Waals surface area contributed by atoms with Crippen LogP contribution >= 0.6 is 11.3 Å². The van der Waals surface area contributed by atoms with Gasteiger partial charge in [0, 0.05) is 22.8 Å². The number of aryl methyl sites for hydroxylation is 2. The van der Waals surface area contributed by atoms with Crippen molar-refractivity contribution in [2.24, 2.45) is 0 Å². The van der Waals surface area contributed by atoms with E-state index >= 15 is 0 Å². The van der Waals surface area contributed by atoms with Gasteiger partial charge in [0.25, 0.3) is 17.5 Å². The normalized spacial score (nSPS) is 10.8. The zero-order valence-corrected chi connectivity index (χ0v) is 16.4. The standard InChI is InChI=1S/C19H16N6O3S/c1-11-3-5-13(6-4-11)14-10-29-19(21-14)22-15(26)9-28-17(27)16-23-18-20-8-7-12(2)25(18)24-16/h3-8,10H,9H2,1-2H3,(H,21,22,26). The maximum atomic E-state index is 12.1. The molecule has 0 fully saturated rings. The third-order valence-corrected chi connectivity index (χ3v) is 4.80. The first kappa shape index (κ1) is 18.7. The third-order valence-electron chi connectivity index (χ3n) is 4.04. The average Bonchev–Trinajstić information content (AvgIpc) is 3.35. The van der Waals surface area contributed by atoms with Crippen molar-refractivity contribution < 1.29 is 14.3 Å². The number of ether oxygens (including phenoxy) is 1. The first-order chi connectivity index (χ1) is 14.0. The zero-order chi connectivity index (χ0) is 20.4. The number of amides is 1. The molecule has 1 N–H and O–H groups in total. The van der Waals surface area contributed by atoms with Gasteiger partial charge in [0.1, 0.15) is 0 Å². The molecule has 0 saturated carbocycles. The number of carbonyl (C=O) groups excluding carboxylic acids is 2. The van der Waals surface area contributed by atoms with Crippen molar-refractivity contribution in [1.82, 2.24) is 24.6 Å². The fourth-order valence-electron chi connectivity index (χ4n) is 2.53. The van der Waals surface area contributed by atoms with Gasteiger partial charge in [0.05, 0.1) is 5.69 Å². The van der Waals surface area contributed by atoms with E-state index in [-0.39, 0.29) is 11.6 Å². The van der Waals surface area contributed by atoms with Gasteiger partial charge < -0.3 is 4.74 Å². The number of thiazole rings is 1. The van der Waals surface area contributed by atoms with Crippen LogP contribution in [-0.4, -0.2) is 43.0 Å². The van der Waals surface area contributed by atoms with E-state index in [0.717, 1.165) is 22.5 Å².